The minimum Gasteiger partial charge on any atom is -0.330 e. The number of hydrogen-bond donors (Lipinski definition) is 2. The smallest absolute Gasteiger partial charge is 0.225 e. The molecule has 0 aliphatic heterocycles. The van der Waals surface area contributed by atoms with E-state index >= 15 is 0 Å². The fourth-order valence-electron chi connectivity index (χ4n) is 2.50. The van der Waals surface area contributed by atoms with Crippen molar-refractivity contribution in [3.63, 3.8) is 0 Å². The molecule has 7 heteroatoms. The summed E-state index contributed by atoms with van der Waals surface area (Å²) in [5.74, 6) is -0.187. The van der Waals surface area contributed by atoms with Crippen molar-refractivity contribution in [3.05, 3.63) is 23.2 Å². The molecule has 2 rings (SSSR count). The second-order valence-corrected chi connectivity index (χ2v) is 8.12. The van der Waals surface area contributed by atoms with Gasteiger partial charge in [-0.05, 0) is 43.0 Å². The Morgan fingerprint density at radius 3 is 2.57 bits per heavy atom. The first-order valence-corrected chi connectivity index (χ1v) is 9.02. The van der Waals surface area contributed by atoms with Crippen LogP contribution in [0.2, 0.25) is 5.02 Å². The molecular formula is C14H19ClN2O3S. The quantitative estimate of drug-likeness (QED) is 0.866. The number of amides is 1. The van der Waals surface area contributed by atoms with Gasteiger partial charge < -0.3 is 11.1 Å². The van der Waals surface area contributed by atoms with Gasteiger partial charge in [-0.3, -0.25) is 4.79 Å². The highest BCUT2D eigenvalue weighted by atomic mass is 35.5. The van der Waals surface area contributed by atoms with Crippen molar-refractivity contribution >= 4 is 33.0 Å². The third-order valence-electron chi connectivity index (χ3n) is 4.02. The topological polar surface area (TPSA) is 89.3 Å². The standard InChI is InChI=1S/C14H19ClN2O3S/c1-21(19,20)10-3-4-11(15)12(7-10)17-13(18)8-14(9-16)5-2-6-14/h3-4,7H,2,5-6,8-9,16H2,1H3,(H,17,18). The zero-order valence-electron chi connectivity index (χ0n) is 11.9. The van der Waals surface area contributed by atoms with Crippen LogP contribution in [0.5, 0.6) is 0 Å². The monoisotopic (exact) mass is 330 g/mol. The zero-order chi connectivity index (χ0) is 15.7. The largest absolute Gasteiger partial charge is 0.330 e. The zero-order valence-corrected chi connectivity index (χ0v) is 13.4. The fraction of sp³-hybridized carbons (Fsp3) is 0.500. The fourth-order valence-corrected chi connectivity index (χ4v) is 3.31. The molecular weight excluding hydrogens is 312 g/mol. The molecule has 0 saturated heterocycles. The molecule has 1 aliphatic carbocycles. The maximum atomic E-state index is 12.1. The van der Waals surface area contributed by atoms with Gasteiger partial charge in [-0.15, -0.1) is 0 Å². The Hall–Kier alpha value is -1.11. The molecule has 0 bridgehead atoms. The third kappa shape index (κ3) is 3.75. The lowest BCUT2D eigenvalue weighted by Crippen LogP contribution is -2.40. The minimum atomic E-state index is -3.34. The minimum absolute atomic E-state index is 0.106. The second kappa shape index (κ2) is 5.94. The molecule has 1 aromatic rings. The Labute approximate surface area is 129 Å². The number of sulfone groups is 1. The van der Waals surface area contributed by atoms with Gasteiger partial charge in [0.2, 0.25) is 5.91 Å². The Kier molecular flexibility index (Phi) is 4.60. The summed E-state index contributed by atoms with van der Waals surface area (Å²) in [6.07, 6.45) is 4.44. The van der Waals surface area contributed by atoms with Crippen LogP contribution in [0, 0.1) is 5.41 Å². The number of anilines is 1. The summed E-state index contributed by atoms with van der Waals surface area (Å²) in [5.41, 5.74) is 5.95. The Morgan fingerprint density at radius 1 is 1.43 bits per heavy atom. The lowest BCUT2D eigenvalue weighted by molar-refractivity contribution is -0.119. The summed E-state index contributed by atoms with van der Waals surface area (Å²) >= 11 is 6.01. The highest BCUT2D eigenvalue weighted by molar-refractivity contribution is 7.90. The van der Waals surface area contributed by atoms with E-state index in [1.54, 1.807) is 0 Å². The lowest BCUT2D eigenvalue weighted by Gasteiger charge is -2.40. The van der Waals surface area contributed by atoms with Crippen molar-refractivity contribution in [2.75, 3.05) is 18.1 Å². The van der Waals surface area contributed by atoms with Gasteiger partial charge in [-0.25, -0.2) is 8.42 Å². The molecule has 3 N–H and O–H groups in total. The molecule has 1 fully saturated rings. The van der Waals surface area contributed by atoms with E-state index in [-0.39, 0.29) is 16.2 Å². The summed E-state index contributed by atoms with van der Waals surface area (Å²) in [5, 5.41) is 3.00. The number of halogens is 1. The van der Waals surface area contributed by atoms with Crippen molar-refractivity contribution in [1.82, 2.24) is 0 Å². The highest BCUT2D eigenvalue weighted by Gasteiger charge is 2.37. The normalized spacial score (nSPS) is 17.1. The van der Waals surface area contributed by atoms with Crippen LogP contribution in [0.3, 0.4) is 0 Å². The predicted octanol–water partition coefficient (Wildman–Crippen LogP) is 2.20. The first-order chi connectivity index (χ1) is 9.76. The Bertz CT molecular complexity index is 649. The molecule has 5 nitrogen and oxygen atoms in total. The van der Waals surface area contributed by atoms with E-state index in [0.29, 0.717) is 23.7 Å². The Morgan fingerprint density at radius 2 is 2.10 bits per heavy atom. The van der Waals surface area contributed by atoms with Gasteiger partial charge in [-0.1, -0.05) is 18.0 Å². The van der Waals surface area contributed by atoms with Crippen LogP contribution in [0.1, 0.15) is 25.7 Å². The molecule has 0 spiro atoms. The first-order valence-electron chi connectivity index (χ1n) is 6.75. The Balaban J connectivity index is 2.13. The van der Waals surface area contributed by atoms with E-state index in [2.05, 4.69) is 5.32 Å². The van der Waals surface area contributed by atoms with Crippen LogP contribution in [-0.2, 0) is 14.6 Å². The summed E-state index contributed by atoms with van der Waals surface area (Å²) in [6, 6.07) is 4.27. The average molecular weight is 331 g/mol. The molecule has 21 heavy (non-hydrogen) atoms. The van der Waals surface area contributed by atoms with Crippen molar-refractivity contribution in [3.8, 4) is 0 Å². The number of benzene rings is 1. The number of rotatable bonds is 5. The SMILES string of the molecule is CS(=O)(=O)c1ccc(Cl)c(NC(=O)CC2(CN)CCC2)c1. The summed E-state index contributed by atoms with van der Waals surface area (Å²) in [7, 11) is -3.34. The maximum Gasteiger partial charge on any atom is 0.225 e. The van der Waals surface area contributed by atoms with Crippen molar-refractivity contribution < 1.29 is 13.2 Å². The number of nitrogens with one attached hydrogen (secondary N) is 1. The van der Waals surface area contributed by atoms with Crippen LogP contribution in [0.15, 0.2) is 23.1 Å². The molecule has 0 heterocycles. The molecule has 1 amide bonds. The highest BCUT2D eigenvalue weighted by Crippen LogP contribution is 2.43. The first kappa shape index (κ1) is 16.3. The van der Waals surface area contributed by atoms with Crippen LogP contribution in [-0.4, -0.2) is 27.1 Å². The molecule has 0 atom stereocenters. The van der Waals surface area contributed by atoms with Crippen LogP contribution in [0.4, 0.5) is 5.69 Å². The number of carbonyl (C=O) groups excluding carboxylic acids is 1. The van der Waals surface area contributed by atoms with Crippen molar-refractivity contribution in [1.29, 1.82) is 0 Å². The van der Waals surface area contributed by atoms with Gasteiger partial charge >= 0.3 is 0 Å². The van der Waals surface area contributed by atoms with Crippen LogP contribution in [0.25, 0.3) is 0 Å². The lowest BCUT2D eigenvalue weighted by atomic mass is 9.66. The molecule has 0 radical (unpaired) electrons. The predicted molar refractivity (Wildman–Crippen MR) is 83.1 cm³/mol. The van der Waals surface area contributed by atoms with Gasteiger partial charge in [0.15, 0.2) is 9.84 Å². The number of hydrogen-bond acceptors (Lipinski definition) is 4. The van der Waals surface area contributed by atoms with Crippen LogP contribution < -0.4 is 11.1 Å². The average Bonchev–Trinajstić information content (AvgIpc) is 2.35. The van der Waals surface area contributed by atoms with Gasteiger partial charge in [0.1, 0.15) is 0 Å². The van der Waals surface area contributed by atoms with E-state index in [1.165, 1.54) is 18.2 Å². The van der Waals surface area contributed by atoms with Gasteiger partial charge in [0.25, 0.3) is 0 Å². The maximum absolute atomic E-state index is 12.1. The van der Waals surface area contributed by atoms with Gasteiger partial charge in [0.05, 0.1) is 15.6 Å². The van der Waals surface area contributed by atoms with E-state index < -0.39 is 9.84 Å². The molecule has 0 aromatic heterocycles. The summed E-state index contributed by atoms with van der Waals surface area (Å²) in [4.78, 5) is 12.2. The molecule has 1 aromatic carbocycles. The van der Waals surface area contributed by atoms with E-state index in [1.807, 2.05) is 0 Å². The number of carbonyl (C=O) groups is 1. The molecule has 116 valence electrons. The summed E-state index contributed by atoms with van der Waals surface area (Å²) < 4.78 is 23.1. The van der Waals surface area contributed by atoms with E-state index in [0.717, 1.165) is 25.5 Å². The number of nitrogens with two attached hydrogens (primary N) is 1. The van der Waals surface area contributed by atoms with Crippen LogP contribution >= 0.6 is 11.6 Å². The van der Waals surface area contributed by atoms with E-state index in [4.69, 9.17) is 17.3 Å². The van der Waals surface area contributed by atoms with Crippen molar-refractivity contribution in [2.45, 2.75) is 30.6 Å². The van der Waals surface area contributed by atoms with Gasteiger partial charge in [0, 0.05) is 12.7 Å². The third-order valence-corrected chi connectivity index (χ3v) is 5.46. The molecule has 0 unspecified atom stereocenters. The molecule has 1 saturated carbocycles. The molecule has 1 aliphatic rings. The van der Waals surface area contributed by atoms with Gasteiger partial charge in [-0.2, -0.15) is 0 Å². The second-order valence-electron chi connectivity index (χ2n) is 5.70. The summed E-state index contributed by atoms with van der Waals surface area (Å²) in [6.45, 7) is 0.484. The van der Waals surface area contributed by atoms with E-state index in [9.17, 15) is 13.2 Å². The van der Waals surface area contributed by atoms with Crippen molar-refractivity contribution in [2.24, 2.45) is 11.1 Å².